The van der Waals surface area contributed by atoms with Gasteiger partial charge in [0.15, 0.2) is 0 Å². The van der Waals surface area contributed by atoms with Crippen LogP contribution in [0.15, 0.2) is 48.5 Å². The first-order valence-electron chi connectivity index (χ1n) is 7.03. The van der Waals surface area contributed by atoms with Gasteiger partial charge in [0.2, 0.25) is 0 Å². The molecule has 2 aromatic rings. The molecule has 0 aliphatic carbocycles. The Bertz CT molecular complexity index is 506. The van der Waals surface area contributed by atoms with Crippen LogP contribution >= 0.6 is 0 Å². The highest BCUT2D eigenvalue weighted by Crippen LogP contribution is 2.20. The monoisotopic (exact) mass is 270 g/mol. The van der Waals surface area contributed by atoms with Gasteiger partial charge in [0, 0.05) is 13.1 Å². The van der Waals surface area contributed by atoms with E-state index in [0.29, 0.717) is 13.1 Å². The van der Waals surface area contributed by atoms with Gasteiger partial charge in [-0.3, -0.25) is 0 Å². The number of aliphatic hydroxyl groups is 1. The Labute approximate surface area is 120 Å². The van der Waals surface area contributed by atoms with E-state index in [2.05, 4.69) is 53.8 Å². The Hall–Kier alpha value is -1.68. The van der Waals surface area contributed by atoms with Crippen molar-refractivity contribution in [3.05, 3.63) is 59.7 Å². The molecule has 2 aromatic carbocycles. The van der Waals surface area contributed by atoms with Crippen molar-refractivity contribution in [2.24, 2.45) is 5.73 Å². The summed E-state index contributed by atoms with van der Waals surface area (Å²) in [4.78, 5) is 0. The molecule has 0 aliphatic heterocycles. The lowest BCUT2D eigenvalue weighted by molar-refractivity contribution is 0.292. The van der Waals surface area contributed by atoms with E-state index >= 15 is 0 Å². The zero-order valence-corrected chi connectivity index (χ0v) is 11.7. The van der Waals surface area contributed by atoms with Crippen molar-refractivity contribution in [1.29, 1.82) is 0 Å². The molecule has 3 heteroatoms. The van der Waals surface area contributed by atoms with Crippen LogP contribution in [0.25, 0.3) is 11.1 Å². The van der Waals surface area contributed by atoms with E-state index in [4.69, 9.17) is 10.8 Å². The quantitative estimate of drug-likeness (QED) is 0.674. The van der Waals surface area contributed by atoms with Gasteiger partial charge in [-0.2, -0.15) is 0 Å². The molecule has 0 fully saturated rings. The molecule has 0 heterocycles. The van der Waals surface area contributed by atoms with Crippen LogP contribution in [0.4, 0.5) is 0 Å². The van der Waals surface area contributed by atoms with E-state index < -0.39 is 0 Å². The standard InChI is InChI=1S/C17H22N2O/c18-10-9-14-1-5-16(6-2-14)17-7-3-15(4-8-17)13-19-11-12-20/h1-8,19-20H,9-13,18H2. The van der Waals surface area contributed by atoms with Crippen LogP contribution < -0.4 is 11.1 Å². The van der Waals surface area contributed by atoms with E-state index in [1.165, 1.54) is 22.3 Å². The summed E-state index contributed by atoms with van der Waals surface area (Å²) >= 11 is 0. The average Bonchev–Trinajstić information content (AvgIpc) is 2.49. The number of rotatable bonds is 7. The van der Waals surface area contributed by atoms with Crippen molar-refractivity contribution in [2.75, 3.05) is 19.7 Å². The van der Waals surface area contributed by atoms with E-state index in [1.807, 2.05) is 0 Å². The van der Waals surface area contributed by atoms with Crippen LogP contribution in [0.5, 0.6) is 0 Å². The molecule has 20 heavy (non-hydrogen) atoms. The number of hydrogen-bond acceptors (Lipinski definition) is 3. The molecule has 4 N–H and O–H groups in total. The topological polar surface area (TPSA) is 58.3 Å². The molecule has 0 radical (unpaired) electrons. The first-order chi connectivity index (χ1) is 9.83. The molecule has 3 nitrogen and oxygen atoms in total. The summed E-state index contributed by atoms with van der Waals surface area (Å²) < 4.78 is 0. The maximum absolute atomic E-state index is 8.73. The van der Waals surface area contributed by atoms with Crippen LogP contribution in [0.3, 0.4) is 0 Å². The molecule has 0 bridgehead atoms. The zero-order valence-electron chi connectivity index (χ0n) is 11.7. The average molecular weight is 270 g/mol. The van der Waals surface area contributed by atoms with Gasteiger partial charge in [0.25, 0.3) is 0 Å². The molecule has 106 valence electrons. The summed E-state index contributed by atoms with van der Waals surface area (Å²) in [5.74, 6) is 0. The minimum absolute atomic E-state index is 0.174. The maximum Gasteiger partial charge on any atom is 0.0556 e. The lowest BCUT2D eigenvalue weighted by Gasteiger charge is -2.06. The SMILES string of the molecule is NCCc1ccc(-c2ccc(CNCCO)cc2)cc1. The van der Waals surface area contributed by atoms with Crippen LogP contribution in [0, 0.1) is 0 Å². The summed E-state index contributed by atoms with van der Waals surface area (Å²) in [5, 5.41) is 11.9. The summed E-state index contributed by atoms with van der Waals surface area (Å²) in [6.45, 7) is 2.28. The second-order valence-corrected chi connectivity index (χ2v) is 4.83. The molecule has 0 saturated carbocycles. The first-order valence-corrected chi connectivity index (χ1v) is 7.03. The van der Waals surface area contributed by atoms with Crippen molar-refractivity contribution in [3.8, 4) is 11.1 Å². The molecule has 0 atom stereocenters. The fourth-order valence-electron chi connectivity index (χ4n) is 2.16. The van der Waals surface area contributed by atoms with Gasteiger partial charge >= 0.3 is 0 Å². The Balaban J connectivity index is 2.01. The molecule has 0 aromatic heterocycles. The van der Waals surface area contributed by atoms with Crippen molar-refractivity contribution in [2.45, 2.75) is 13.0 Å². The van der Waals surface area contributed by atoms with E-state index in [0.717, 1.165) is 13.0 Å². The van der Waals surface area contributed by atoms with Crippen molar-refractivity contribution < 1.29 is 5.11 Å². The summed E-state index contributed by atoms with van der Waals surface area (Å²) in [5.41, 5.74) is 10.5. The van der Waals surface area contributed by atoms with Crippen LogP contribution in [0.1, 0.15) is 11.1 Å². The molecular formula is C17H22N2O. The third kappa shape index (κ3) is 4.17. The Morgan fingerprint density at radius 1 is 0.850 bits per heavy atom. The minimum Gasteiger partial charge on any atom is -0.395 e. The number of nitrogens with one attached hydrogen (secondary N) is 1. The van der Waals surface area contributed by atoms with Crippen molar-refractivity contribution in [3.63, 3.8) is 0 Å². The smallest absolute Gasteiger partial charge is 0.0556 e. The van der Waals surface area contributed by atoms with Gasteiger partial charge in [0.05, 0.1) is 6.61 Å². The predicted octanol–water partition coefficient (Wildman–Crippen LogP) is 1.94. The highest BCUT2D eigenvalue weighted by molar-refractivity contribution is 5.63. The lowest BCUT2D eigenvalue weighted by Crippen LogP contribution is -2.17. The molecule has 0 amide bonds. The van der Waals surface area contributed by atoms with Crippen LogP contribution in [-0.4, -0.2) is 24.8 Å². The van der Waals surface area contributed by atoms with Crippen molar-refractivity contribution >= 4 is 0 Å². The van der Waals surface area contributed by atoms with Crippen LogP contribution in [-0.2, 0) is 13.0 Å². The number of hydrogen-bond donors (Lipinski definition) is 3. The van der Waals surface area contributed by atoms with Gasteiger partial charge in [-0.05, 0) is 35.2 Å². The van der Waals surface area contributed by atoms with E-state index in [9.17, 15) is 0 Å². The highest BCUT2D eigenvalue weighted by atomic mass is 16.3. The fraction of sp³-hybridized carbons (Fsp3) is 0.294. The Kier molecular flexibility index (Phi) is 5.74. The zero-order chi connectivity index (χ0) is 14.2. The van der Waals surface area contributed by atoms with Gasteiger partial charge < -0.3 is 16.2 Å². The van der Waals surface area contributed by atoms with Gasteiger partial charge in [-0.15, -0.1) is 0 Å². The second kappa shape index (κ2) is 7.80. The molecule has 2 rings (SSSR count). The molecular weight excluding hydrogens is 248 g/mol. The maximum atomic E-state index is 8.73. The Morgan fingerprint density at radius 3 is 1.90 bits per heavy atom. The number of benzene rings is 2. The van der Waals surface area contributed by atoms with Crippen LogP contribution in [0.2, 0.25) is 0 Å². The third-order valence-electron chi connectivity index (χ3n) is 3.29. The summed E-state index contributed by atoms with van der Waals surface area (Å²) in [7, 11) is 0. The van der Waals surface area contributed by atoms with E-state index in [-0.39, 0.29) is 6.61 Å². The fourth-order valence-corrected chi connectivity index (χ4v) is 2.16. The van der Waals surface area contributed by atoms with Gasteiger partial charge in [-0.1, -0.05) is 48.5 Å². The third-order valence-corrected chi connectivity index (χ3v) is 3.29. The van der Waals surface area contributed by atoms with E-state index in [1.54, 1.807) is 0 Å². The predicted molar refractivity (Wildman–Crippen MR) is 83.4 cm³/mol. The molecule has 0 saturated heterocycles. The number of aliphatic hydroxyl groups excluding tert-OH is 1. The normalized spacial score (nSPS) is 10.7. The molecule has 0 spiro atoms. The van der Waals surface area contributed by atoms with Gasteiger partial charge in [-0.25, -0.2) is 0 Å². The number of nitrogens with two attached hydrogens (primary N) is 1. The largest absolute Gasteiger partial charge is 0.395 e. The highest BCUT2D eigenvalue weighted by Gasteiger charge is 1.99. The first kappa shape index (κ1) is 14.7. The summed E-state index contributed by atoms with van der Waals surface area (Å²) in [6, 6.07) is 17.1. The minimum atomic E-state index is 0.174. The van der Waals surface area contributed by atoms with Crippen molar-refractivity contribution in [1.82, 2.24) is 5.32 Å². The second-order valence-electron chi connectivity index (χ2n) is 4.83. The lowest BCUT2D eigenvalue weighted by atomic mass is 10.0. The van der Waals surface area contributed by atoms with Gasteiger partial charge in [0.1, 0.15) is 0 Å². The molecule has 0 aliphatic rings. The molecule has 0 unspecified atom stereocenters. The summed E-state index contributed by atoms with van der Waals surface area (Å²) in [6.07, 6.45) is 0.926. The Morgan fingerprint density at radius 2 is 1.40 bits per heavy atom.